The van der Waals surface area contributed by atoms with Crippen molar-refractivity contribution in [2.24, 2.45) is 0 Å². The first-order valence-electron chi connectivity index (χ1n) is 4.68. The van der Waals surface area contributed by atoms with E-state index < -0.39 is 12.0 Å². The summed E-state index contributed by atoms with van der Waals surface area (Å²) in [7, 11) is 0. The van der Waals surface area contributed by atoms with Crippen molar-refractivity contribution in [2.45, 2.75) is 38.6 Å². The molecule has 0 aromatic heterocycles. The molecule has 1 atom stereocenters. The quantitative estimate of drug-likeness (QED) is 0.480. The second-order valence-electron chi connectivity index (χ2n) is 3.16. The lowest BCUT2D eigenvalue weighted by Gasteiger charge is -2.12. The Morgan fingerprint density at radius 2 is 2.14 bits per heavy atom. The number of rotatable bonds is 7. The van der Waals surface area contributed by atoms with E-state index in [0.29, 0.717) is 6.42 Å². The van der Waals surface area contributed by atoms with Gasteiger partial charge in [0.2, 0.25) is 5.91 Å². The van der Waals surface area contributed by atoms with Gasteiger partial charge in [-0.1, -0.05) is 12.5 Å². The molecular weight excluding hydrogens is 182 g/mol. The van der Waals surface area contributed by atoms with Crippen LogP contribution in [-0.4, -0.2) is 23.0 Å². The predicted molar refractivity (Wildman–Crippen MR) is 53.9 cm³/mol. The molecule has 0 saturated carbocycles. The lowest BCUT2D eigenvalue weighted by Crippen LogP contribution is -2.39. The van der Waals surface area contributed by atoms with Gasteiger partial charge in [0.25, 0.3) is 0 Å². The van der Waals surface area contributed by atoms with Gasteiger partial charge in [-0.25, -0.2) is 4.79 Å². The van der Waals surface area contributed by atoms with Gasteiger partial charge in [-0.2, -0.15) is 0 Å². The Kier molecular flexibility index (Phi) is 6.45. The molecule has 0 aliphatic rings. The molecule has 0 bridgehead atoms. The van der Waals surface area contributed by atoms with Crippen molar-refractivity contribution in [3.05, 3.63) is 12.7 Å². The van der Waals surface area contributed by atoms with Crippen LogP contribution in [0.1, 0.15) is 32.6 Å². The second kappa shape index (κ2) is 7.12. The third-order valence-electron chi connectivity index (χ3n) is 1.83. The summed E-state index contributed by atoms with van der Waals surface area (Å²) in [6.45, 7) is 4.89. The first kappa shape index (κ1) is 12.7. The molecule has 0 saturated heterocycles. The van der Waals surface area contributed by atoms with Crippen LogP contribution in [0.15, 0.2) is 12.7 Å². The molecule has 0 fully saturated rings. The minimum atomic E-state index is -0.973. The highest BCUT2D eigenvalue weighted by molar-refractivity contribution is 5.81. The summed E-state index contributed by atoms with van der Waals surface area (Å²) >= 11 is 0. The maximum atomic E-state index is 10.7. The van der Waals surface area contributed by atoms with E-state index in [-0.39, 0.29) is 5.91 Å². The van der Waals surface area contributed by atoms with Gasteiger partial charge in [0.15, 0.2) is 0 Å². The Labute approximate surface area is 84.0 Å². The number of allylic oxidation sites excluding steroid dienone is 1. The predicted octanol–water partition coefficient (Wildman–Crippen LogP) is 1.32. The number of hydrogen-bond acceptors (Lipinski definition) is 2. The zero-order valence-corrected chi connectivity index (χ0v) is 8.45. The number of carbonyl (C=O) groups excluding carboxylic acids is 1. The minimum absolute atomic E-state index is 0.305. The van der Waals surface area contributed by atoms with E-state index in [1.54, 1.807) is 6.08 Å². The Balaban J connectivity index is 3.79. The molecule has 4 nitrogen and oxygen atoms in total. The van der Waals surface area contributed by atoms with Gasteiger partial charge in [-0.3, -0.25) is 4.79 Å². The van der Waals surface area contributed by atoms with Crippen molar-refractivity contribution < 1.29 is 14.7 Å². The van der Waals surface area contributed by atoms with Gasteiger partial charge in [0.1, 0.15) is 6.04 Å². The third-order valence-corrected chi connectivity index (χ3v) is 1.83. The maximum absolute atomic E-state index is 10.7. The molecule has 0 aliphatic heterocycles. The van der Waals surface area contributed by atoms with E-state index in [2.05, 4.69) is 11.9 Å². The number of unbranched alkanes of at least 4 members (excludes halogenated alkanes) is 2. The van der Waals surface area contributed by atoms with E-state index in [9.17, 15) is 9.59 Å². The van der Waals surface area contributed by atoms with Crippen LogP contribution in [0.25, 0.3) is 0 Å². The van der Waals surface area contributed by atoms with Crippen LogP contribution >= 0.6 is 0 Å². The molecule has 0 radical (unpaired) electrons. The highest BCUT2D eigenvalue weighted by atomic mass is 16.4. The summed E-state index contributed by atoms with van der Waals surface area (Å²) in [5, 5.41) is 11.1. The molecule has 14 heavy (non-hydrogen) atoms. The molecular formula is C10H17NO3. The topological polar surface area (TPSA) is 66.4 Å². The number of hydrogen-bond donors (Lipinski definition) is 2. The van der Waals surface area contributed by atoms with Crippen molar-refractivity contribution in [3.8, 4) is 0 Å². The van der Waals surface area contributed by atoms with Crippen LogP contribution < -0.4 is 5.32 Å². The normalized spacial score (nSPS) is 11.8. The summed E-state index contributed by atoms with van der Waals surface area (Å²) in [6, 6.07) is -0.752. The van der Waals surface area contributed by atoms with E-state index in [1.807, 2.05) is 0 Å². The fourth-order valence-electron chi connectivity index (χ4n) is 1.14. The van der Waals surface area contributed by atoms with Gasteiger partial charge in [-0.15, -0.1) is 6.58 Å². The summed E-state index contributed by atoms with van der Waals surface area (Å²) in [5.74, 6) is -1.28. The molecule has 1 unspecified atom stereocenters. The first-order valence-corrected chi connectivity index (χ1v) is 4.68. The monoisotopic (exact) mass is 199 g/mol. The van der Waals surface area contributed by atoms with E-state index >= 15 is 0 Å². The van der Waals surface area contributed by atoms with Crippen LogP contribution in [0.5, 0.6) is 0 Å². The number of carbonyl (C=O) groups is 2. The standard InChI is InChI=1S/C10H17NO3/c1-3-4-5-6-7-9(10(13)14)11-8(2)12/h3,9H,1,4-7H2,2H3,(H,11,12)(H,13,14). The van der Waals surface area contributed by atoms with E-state index in [4.69, 9.17) is 5.11 Å². The van der Waals surface area contributed by atoms with Gasteiger partial charge >= 0.3 is 5.97 Å². The summed E-state index contributed by atoms with van der Waals surface area (Å²) < 4.78 is 0. The van der Waals surface area contributed by atoms with Gasteiger partial charge in [0.05, 0.1) is 0 Å². The SMILES string of the molecule is C=CCCCCC(NC(C)=O)C(=O)O. The van der Waals surface area contributed by atoms with Gasteiger partial charge in [0, 0.05) is 6.92 Å². The number of aliphatic carboxylic acids is 1. The molecule has 80 valence electrons. The fourth-order valence-corrected chi connectivity index (χ4v) is 1.14. The Morgan fingerprint density at radius 1 is 1.50 bits per heavy atom. The maximum Gasteiger partial charge on any atom is 0.326 e. The fraction of sp³-hybridized carbons (Fsp3) is 0.600. The average molecular weight is 199 g/mol. The Bertz CT molecular complexity index is 213. The number of carboxylic acids is 1. The van der Waals surface area contributed by atoms with Gasteiger partial charge < -0.3 is 10.4 Å². The number of amides is 1. The minimum Gasteiger partial charge on any atom is -0.480 e. The molecule has 2 N–H and O–H groups in total. The Hall–Kier alpha value is -1.32. The smallest absolute Gasteiger partial charge is 0.326 e. The zero-order chi connectivity index (χ0) is 11.0. The molecule has 0 rings (SSSR count). The summed E-state index contributed by atoms with van der Waals surface area (Å²) in [4.78, 5) is 21.3. The highest BCUT2D eigenvalue weighted by Gasteiger charge is 2.16. The molecule has 0 spiro atoms. The van der Waals surface area contributed by atoms with Crippen molar-refractivity contribution in [2.75, 3.05) is 0 Å². The van der Waals surface area contributed by atoms with Crippen molar-refractivity contribution >= 4 is 11.9 Å². The number of nitrogens with one attached hydrogen (secondary N) is 1. The Morgan fingerprint density at radius 3 is 2.57 bits per heavy atom. The second-order valence-corrected chi connectivity index (χ2v) is 3.16. The lowest BCUT2D eigenvalue weighted by atomic mass is 10.1. The van der Waals surface area contributed by atoms with Crippen LogP contribution in [0.2, 0.25) is 0 Å². The first-order chi connectivity index (χ1) is 6.57. The summed E-state index contributed by atoms with van der Waals surface area (Å²) in [6.07, 6.45) is 4.85. The van der Waals surface area contributed by atoms with Crippen molar-refractivity contribution in [3.63, 3.8) is 0 Å². The van der Waals surface area contributed by atoms with Crippen molar-refractivity contribution in [1.82, 2.24) is 5.32 Å². The van der Waals surface area contributed by atoms with Crippen LogP contribution in [-0.2, 0) is 9.59 Å². The van der Waals surface area contributed by atoms with Crippen LogP contribution in [0.4, 0.5) is 0 Å². The molecule has 0 heterocycles. The highest BCUT2D eigenvalue weighted by Crippen LogP contribution is 2.04. The molecule has 4 heteroatoms. The van der Waals surface area contributed by atoms with Gasteiger partial charge in [-0.05, 0) is 19.3 Å². The molecule has 0 aromatic rings. The molecule has 0 aliphatic carbocycles. The largest absolute Gasteiger partial charge is 0.480 e. The summed E-state index contributed by atoms with van der Waals surface area (Å²) in [5.41, 5.74) is 0. The van der Waals surface area contributed by atoms with Crippen LogP contribution in [0, 0.1) is 0 Å². The van der Waals surface area contributed by atoms with Crippen molar-refractivity contribution in [1.29, 1.82) is 0 Å². The lowest BCUT2D eigenvalue weighted by molar-refractivity contribution is -0.141. The third kappa shape index (κ3) is 6.22. The number of carboxylic acid groups (broad SMARTS) is 1. The zero-order valence-electron chi connectivity index (χ0n) is 8.45. The average Bonchev–Trinajstić information content (AvgIpc) is 2.09. The van der Waals surface area contributed by atoms with E-state index in [1.165, 1.54) is 6.92 Å². The van der Waals surface area contributed by atoms with Crippen LogP contribution in [0.3, 0.4) is 0 Å². The molecule has 0 aromatic carbocycles. The van der Waals surface area contributed by atoms with E-state index in [0.717, 1.165) is 19.3 Å². The molecule has 1 amide bonds.